The third-order valence-corrected chi connectivity index (χ3v) is 4.40. The van der Waals surface area contributed by atoms with E-state index in [-0.39, 0.29) is 12.2 Å². The molecule has 0 fully saturated rings. The Morgan fingerprint density at radius 2 is 1.74 bits per heavy atom. The van der Waals surface area contributed by atoms with Crippen LogP contribution in [0.15, 0.2) is 58.1 Å². The van der Waals surface area contributed by atoms with Gasteiger partial charge in [0.2, 0.25) is 5.91 Å². The molecule has 3 rings (SSSR count). The predicted octanol–water partition coefficient (Wildman–Crippen LogP) is 2.48. The summed E-state index contributed by atoms with van der Waals surface area (Å²) in [6.07, 6.45) is 0.263. The number of aromatic nitrogens is 2. The highest BCUT2D eigenvalue weighted by atomic mass is 16.2. The van der Waals surface area contributed by atoms with E-state index < -0.39 is 23.2 Å². The van der Waals surface area contributed by atoms with Crippen LogP contribution in [0.5, 0.6) is 0 Å². The van der Waals surface area contributed by atoms with Crippen LogP contribution in [0.1, 0.15) is 36.7 Å². The van der Waals surface area contributed by atoms with Gasteiger partial charge in [-0.25, -0.2) is 9.36 Å². The number of hydrogen-bond donors (Lipinski definition) is 2. The Bertz CT molecular complexity index is 1130. The molecule has 2 aromatic carbocycles. The number of nitrogens with one attached hydrogen (secondary N) is 2. The molecule has 2 N–H and O–H groups in total. The van der Waals surface area contributed by atoms with Crippen molar-refractivity contribution in [1.29, 1.82) is 0 Å². The topological polar surface area (TPSA) is 101 Å². The van der Waals surface area contributed by atoms with Crippen LogP contribution in [-0.4, -0.2) is 21.2 Å². The van der Waals surface area contributed by atoms with Gasteiger partial charge < -0.3 is 10.3 Å². The molecule has 1 heterocycles. The van der Waals surface area contributed by atoms with Crippen LogP contribution in [0.3, 0.4) is 0 Å². The number of carbonyl (C=O) groups excluding carboxylic acids is 2. The number of aromatic amines is 1. The zero-order valence-corrected chi connectivity index (χ0v) is 15.0. The third-order valence-electron chi connectivity index (χ3n) is 4.40. The molecule has 7 nitrogen and oxygen atoms in total. The fourth-order valence-electron chi connectivity index (χ4n) is 2.96. The minimum absolute atomic E-state index is 0.0754. The lowest BCUT2D eigenvalue weighted by Crippen LogP contribution is -2.42. The summed E-state index contributed by atoms with van der Waals surface area (Å²) in [7, 11) is 0. The summed E-state index contributed by atoms with van der Waals surface area (Å²) >= 11 is 0. The summed E-state index contributed by atoms with van der Waals surface area (Å²) in [4.78, 5) is 51.9. The first kappa shape index (κ1) is 18.3. The number of Topliss-reactive ketones (excluding diaryl/α,β-unsaturated/α-hetero) is 1. The van der Waals surface area contributed by atoms with Gasteiger partial charge >= 0.3 is 5.69 Å². The number of benzene rings is 2. The van der Waals surface area contributed by atoms with Crippen molar-refractivity contribution < 1.29 is 9.59 Å². The summed E-state index contributed by atoms with van der Waals surface area (Å²) in [5.74, 6) is -0.551. The third kappa shape index (κ3) is 3.57. The number of amides is 1. The van der Waals surface area contributed by atoms with Crippen molar-refractivity contribution in [3.8, 4) is 0 Å². The van der Waals surface area contributed by atoms with Gasteiger partial charge in [-0.15, -0.1) is 0 Å². The molecule has 1 amide bonds. The monoisotopic (exact) mass is 365 g/mol. The zero-order chi connectivity index (χ0) is 19.6. The van der Waals surface area contributed by atoms with E-state index >= 15 is 0 Å². The molecule has 1 atom stereocenters. The Balaban J connectivity index is 1.96. The van der Waals surface area contributed by atoms with E-state index in [9.17, 15) is 19.2 Å². The van der Waals surface area contributed by atoms with Gasteiger partial charge in [-0.2, -0.15) is 0 Å². The summed E-state index contributed by atoms with van der Waals surface area (Å²) < 4.78 is 0.946. The van der Waals surface area contributed by atoms with E-state index in [0.717, 1.165) is 4.57 Å². The van der Waals surface area contributed by atoms with Gasteiger partial charge in [0.05, 0.1) is 10.9 Å². The fraction of sp³-hybridized carbons (Fsp3) is 0.200. The Hall–Kier alpha value is -3.48. The zero-order valence-electron chi connectivity index (χ0n) is 15.0. The van der Waals surface area contributed by atoms with Crippen molar-refractivity contribution in [2.75, 3.05) is 5.32 Å². The van der Waals surface area contributed by atoms with Crippen molar-refractivity contribution in [3.05, 3.63) is 74.9 Å². The van der Waals surface area contributed by atoms with Crippen LogP contribution in [0.4, 0.5) is 5.69 Å². The van der Waals surface area contributed by atoms with Gasteiger partial charge in [-0.05, 0) is 49.7 Å². The number of para-hydroxylation sites is 1. The smallest absolute Gasteiger partial charge is 0.324 e. The average Bonchev–Trinajstić information content (AvgIpc) is 2.65. The molecule has 0 saturated heterocycles. The van der Waals surface area contributed by atoms with Gasteiger partial charge in [0.1, 0.15) is 6.04 Å². The molecular formula is C20H19N3O4. The largest absolute Gasteiger partial charge is 0.329 e. The van der Waals surface area contributed by atoms with Gasteiger partial charge in [0, 0.05) is 11.3 Å². The quantitative estimate of drug-likeness (QED) is 0.678. The maximum atomic E-state index is 12.8. The van der Waals surface area contributed by atoms with Crippen LogP contribution < -0.4 is 16.6 Å². The number of anilines is 1. The Morgan fingerprint density at radius 1 is 1.07 bits per heavy atom. The number of carbonyl (C=O) groups is 2. The maximum Gasteiger partial charge on any atom is 0.329 e. The predicted molar refractivity (Wildman–Crippen MR) is 103 cm³/mol. The minimum Gasteiger partial charge on any atom is -0.324 e. The number of fused-ring (bicyclic) bond motifs is 1. The minimum atomic E-state index is -0.960. The van der Waals surface area contributed by atoms with Crippen LogP contribution in [-0.2, 0) is 4.79 Å². The second-order valence-corrected chi connectivity index (χ2v) is 6.20. The first-order valence-corrected chi connectivity index (χ1v) is 8.57. The number of rotatable bonds is 5. The molecule has 0 aliphatic rings. The standard InChI is InChI=1S/C20H19N3O4/c1-3-17(18(25)21-14-10-8-13(9-11-14)12(2)24)23-19(26)15-6-4-5-7-16(15)22-20(23)27/h4-11,17H,3H2,1-2H3,(H,21,25)(H,22,27). The molecule has 1 unspecified atom stereocenters. The second kappa shape index (κ2) is 7.41. The lowest BCUT2D eigenvalue weighted by atomic mass is 10.1. The highest BCUT2D eigenvalue weighted by Gasteiger charge is 2.23. The van der Waals surface area contributed by atoms with Crippen LogP contribution in [0, 0.1) is 0 Å². The average molecular weight is 365 g/mol. The Labute approximate surface area is 154 Å². The SMILES string of the molecule is CCC(C(=O)Nc1ccc(C(C)=O)cc1)n1c(=O)[nH]c2ccccc2c1=O. The molecule has 1 aromatic heterocycles. The first-order valence-electron chi connectivity index (χ1n) is 8.57. The molecule has 0 bridgehead atoms. The Kier molecular flexibility index (Phi) is 5.03. The van der Waals surface area contributed by atoms with E-state index in [4.69, 9.17) is 0 Å². The lowest BCUT2D eigenvalue weighted by molar-refractivity contribution is -0.119. The molecule has 7 heteroatoms. The van der Waals surface area contributed by atoms with Crippen LogP contribution in [0.2, 0.25) is 0 Å². The number of nitrogens with zero attached hydrogens (tertiary/aromatic N) is 1. The van der Waals surface area contributed by atoms with Gasteiger partial charge in [0.15, 0.2) is 5.78 Å². The van der Waals surface area contributed by atoms with Crippen molar-refractivity contribution in [2.45, 2.75) is 26.3 Å². The summed E-state index contributed by atoms with van der Waals surface area (Å²) in [5, 5.41) is 3.04. The summed E-state index contributed by atoms with van der Waals surface area (Å²) in [6, 6.07) is 12.1. The first-order chi connectivity index (χ1) is 12.9. The fourth-order valence-corrected chi connectivity index (χ4v) is 2.96. The van der Waals surface area contributed by atoms with E-state index in [1.54, 1.807) is 55.5 Å². The number of ketones is 1. The summed E-state index contributed by atoms with van der Waals surface area (Å²) in [6.45, 7) is 3.18. The molecular weight excluding hydrogens is 346 g/mol. The molecule has 0 aliphatic heterocycles. The molecule has 0 spiro atoms. The second-order valence-electron chi connectivity index (χ2n) is 6.20. The van der Waals surface area contributed by atoms with E-state index in [1.165, 1.54) is 6.92 Å². The number of hydrogen-bond acceptors (Lipinski definition) is 4. The normalized spacial score (nSPS) is 11.9. The number of H-pyrrole nitrogens is 1. The highest BCUT2D eigenvalue weighted by Crippen LogP contribution is 2.15. The van der Waals surface area contributed by atoms with Crippen molar-refractivity contribution in [1.82, 2.24) is 9.55 Å². The Morgan fingerprint density at radius 3 is 2.37 bits per heavy atom. The molecule has 0 saturated carbocycles. The van der Waals surface area contributed by atoms with E-state index in [1.807, 2.05) is 0 Å². The maximum absolute atomic E-state index is 12.8. The van der Waals surface area contributed by atoms with Crippen molar-refractivity contribution >= 4 is 28.3 Å². The van der Waals surface area contributed by atoms with Crippen molar-refractivity contribution in [2.24, 2.45) is 0 Å². The van der Waals surface area contributed by atoms with Crippen LogP contribution in [0.25, 0.3) is 10.9 Å². The van der Waals surface area contributed by atoms with E-state index in [2.05, 4.69) is 10.3 Å². The summed E-state index contributed by atoms with van der Waals surface area (Å²) in [5.41, 5.74) is 0.297. The van der Waals surface area contributed by atoms with E-state index in [0.29, 0.717) is 22.2 Å². The highest BCUT2D eigenvalue weighted by molar-refractivity contribution is 5.96. The molecule has 138 valence electrons. The lowest BCUT2D eigenvalue weighted by Gasteiger charge is -2.17. The van der Waals surface area contributed by atoms with Gasteiger partial charge in [-0.1, -0.05) is 19.1 Å². The van der Waals surface area contributed by atoms with Gasteiger partial charge in [0.25, 0.3) is 5.56 Å². The molecule has 27 heavy (non-hydrogen) atoms. The molecule has 3 aromatic rings. The van der Waals surface area contributed by atoms with Gasteiger partial charge in [-0.3, -0.25) is 14.4 Å². The molecule has 0 aliphatic carbocycles. The van der Waals surface area contributed by atoms with Crippen LogP contribution >= 0.6 is 0 Å². The molecule has 0 radical (unpaired) electrons. The van der Waals surface area contributed by atoms with Crippen molar-refractivity contribution in [3.63, 3.8) is 0 Å².